The molecule has 2 heteroatoms. The van der Waals surface area contributed by atoms with Crippen molar-refractivity contribution in [2.24, 2.45) is 0 Å². The number of carbonyl (C=O) groups excluding carboxylic acids is 1. The van der Waals surface area contributed by atoms with Crippen molar-refractivity contribution >= 4 is 5.78 Å². The third-order valence-electron chi connectivity index (χ3n) is 3.27. The van der Waals surface area contributed by atoms with E-state index in [1.165, 1.54) is 5.56 Å². The first kappa shape index (κ1) is 16.9. The molecule has 18 heavy (non-hydrogen) atoms. The van der Waals surface area contributed by atoms with E-state index in [0.717, 1.165) is 18.4 Å². The highest BCUT2D eigenvalue weighted by molar-refractivity contribution is 5.88. The number of benzene rings is 1. The van der Waals surface area contributed by atoms with Gasteiger partial charge in [-0.25, -0.2) is 0 Å². The van der Waals surface area contributed by atoms with Gasteiger partial charge in [-0.05, 0) is 37.9 Å². The average molecular weight is 249 g/mol. The molecule has 0 aromatic heterocycles. The fraction of sp³-hybridized carbons (Fsp3) is 0.562. The summed E-state index contributed by atoms with van der Waals surface area (Å²) in [5.41, 5.74) is 2.04. The topological polar surface area (TPSA) is 29.1 Å². The molecule has 0 radical (unpaired) electrons. The minimum Gasteiger partial charge on any atom is -0.304 e. The van der Waals surface area contributed by atoms with Crippen molar-refractivity contribution < 1.29 is 4.79 Å². The summed E-state index contributed by atoms with van der Waals surface area (Å²) >= 11 is 0. The molecule has 0 amide bonds. The second-order valence-electron chi connectivity index (χ2n) is 3.87. The van der Waals surface area contributed by atoms with Crippen LogP contribution in [0.1, 0.15) is 52.2 Å². The lowest BCUT2D eigenvalue weighted by atomic mass is 9.88. The van der Waals surface area contributed by atoms with Crippen LogP contribution >= 0.6 is 0 Å². The van der Waals surface area contributed by atoms with Crippen molar-refractivity contribution in [1.29, 1.82) is 0 Å². The third kappa shape index (κ3) is 2.99. The molecule has 0 saturated carbocycles. The van der Waals surface area contributed by atoms with E-state index >= 15 is 0 Å². The van der Waals surface area contributed by atoms with Crippen LogP contribution in [0.4, 0.5) is 0 Å². The Labute approximate surface area is 112 Å². The van der Waals surface area contributed by atoms with Gasteiger partial charge in [-0.1, -0.05) is 52.0 Å². The van der Waals surface area contributed by atoms with E-state index in [4.69, 9.17) is 0 Å². The van der Waals surface area contributed by atoms with Gasteiger partial charge >= 0.3 is 0 Å². The first-order valence-electron chi connectivity index (χ1n) is 6.99. The number of Topliss-reactive ketones (excluding diaryl/α,β-unsaturated/α-hetero) is 1. The minimum absolute atomic E-state index is 0.213. The van der Waals surface area contributed by atoms with E-state index in [-0.39, 0.29) is 5.78 Å². The van der Waals surface area contributed by atoms with Crippen LogP contribution in [0.2, 0.25) is 0 Å². The zero-order valence-electron chi connectivity index (χ0n) is 12.6. The lowest BCUT2D eigenvalue weighted by Gasteiger charge is -2.26. The standard InChI is InChI=1S/C12H15NO.2C2H6/c1-9(14)12(13-2)8-7-10-5-3-4-6-11(10)12;2*1-2/h3-6,13H,7-8H2,1-2H3;2*1-2H3. The highest BCUT2D eigenvalue weighted by Gasteiger charge is 2.41. The monoisotopic (exact) mass is 249 g/mol. The van der Waals surface area contributed by atoms with Gasteiger partial charge in [-0.15, -0.1) is 0 Å². The molecule has 2 rings (SSSR count). The number of hydrogen-bond acceptors (Lipinski definition) is 2. The van der Waals surface area contributed by atoms with Gasteiger partial charge in [0, 0.05) is 0 Å². The summed E-state index contributed by atoms with van der Waals surface area (Å²) in [7, 11) is 1.86. The minimum atomic E-state index is -0.420. The highest BCUT2D eigenvalue weighted by atomic mass is 16.1. The predicted octanol–water partition coefficient (Wildman–Crippen LogP) is 3.69. The van der Waals surface area contributed by atoms with Crippen LogP contribution in [0, 0.1) is 0 Å². The maximum atomic E-state index is 11.7. The van der Waals surface area contributed by atoms with Crippen LogP contribution in [0.15, 0.2) is 24.3 Å². The number of ketones is 1. The summed E-state index contributed by atoms with van der Waals surface area (Å²) < 4.78 is 0. The van der Waals surface area contributed by atoms with E-state index in [0.29, 0.717) is 0 Å². The molecule has 0 fully saturated rings. The average Bonchev–Trinajstić information content (AvgIpc) is 2.83. The zero-order chi connectivity index (χ0) is 14.2. The van der Waals surface area contributed by atoms with Gasteiger partial charge in [-0.3, -0.25) is 4.79 Å². The molecule has 1 unspecified atom stereocenters. The number of hydrogen-bond donors (Lipinski definition) is 1. The maximum Gasteiger partial charge on any atom is 0.154 e. The molecule has 1 aliphatic carbocycles. The number of carbonyl (C=O) groups is 1. The molecule has 2 nitrogen and oxygen atoms in total. The summed E-state index contributed by atoms with van der Waals surface area (Å²) in [6.45, 7) is 9.67. The summed E-state index contributed by atoms with van der Waals surface area (Å²) in [4.78, 5) is 11.7. The lowest BCUT2D eigenvalue weighted by Crippen LogP contribution is -2.44. The van der Waals surface area contributed by atoms with Gasteiger partial charge in [0.25, 0.3) is 0 Å². The van der Waals surface area contributed by atoms with Crippen LogP contribution in [0.3, 0.4) is 0 Å². The van der Waals surface area contributed by atoms with Crippen LogP contribution in [0.5, 0.6) is 0 Å². The molecule has 1 aromatic carbocycles. The second-order valence-corrected chi connectivity index (χ2v) is 3.87. The molecule has 1 atom stereocenters. The van der Waals surface area contributed by atoms with Gasteiger partial charge < -0.3 is 5.32 Å². The fourth-order valence-corrected chi connectivity index (χ4v) is 2.41. The number of fused-ring (bicyclic) bond motifs is 1. The van der Waals surface area contributed by atoms with E-state index in [9.17, 15) is 4.79 Å². The Kier molecular flexibility index (Phi) is 7.53. The van der Waals surface area contributed by atoms with Gasteiger partial charge in [0.05, 0.1) is 0 Å². The van der Waals surface area contributed by atoms with Crippen molar-refractivity contribution in [2.75, 3.05) is 7.05 Å². The smallest absolute Gasteiger partial charge is 0.154 e. The van der Waals surface area contributed by atoms with Crippen LogP contribution in [-0.2, 0) is 16.8 Å². The normalized spacial score (nSPS) is 19.9. The predicted molar refractivity (Wildman–Crippen MR) is 78.9 cm³/mol. The molecule has 0 heterocycles. The first-order valence-corrected chi connectivity index (χ1v) is 6.99. The quantitative estimate of drug-likeness (QED) is 0.866. The summed E-state index contributed by atoms with van der Waals surface area (Å²) in [5, 5.41) is 3.18. The molecule has 1 aromatic rings. The molecular weight excluding hydrogens is 222 g/mol. The molecule has 1 N–H and O–H groups in total. The number of likely N-dealkylation sites (N-methyl/N-ethyl adjacent to an activating group) is 1. The Hall–Kier alpha value is -1.15. The molecule has 0 bridgehead atoms. The van der Waals surface area contributed by atoms with Gasteiger partial charge in [-0.2, -0.15) is 0 Å². The first-order chi connectivity index (χ1) is 8.70. The molecular formula is C16H27NO. The Bertz CT molecular complexity index is 373. The van der Waals surface area contributed by atoms with Crippen molar-refractivity contribution in [3.63, 3.8) is 0 Å². The maximum absolute atomic E-state index is 11.7. The van der Waals surface area contributed by atoms with Crippen molar-refractivity contribution in [2.45, 2.75) is 53.0 Å². The van der Waals surface area contributed by atoms with E-state index in [1.807, 2.05) is 46.9 Å². The molecule has 0 saturated heterocycles. The molecule has 102 valence electrons. The molecule has 0 aliphatic heterocycles. The van der Waals surface area contributed by atoms with Crippen molar-refractivity contribution in [3.8, 4) is 0 Å². The Balaban J connectivity index is 0.000000659. The summed E-state index contributed by atoms with van der Waals surface area (Å²) in [5.74, 6) is 0.213. The SMILES string of the molecule is CC.CC.CNC1(C(C)=O)CCc2ccccc21. The molecule has 1 aliphatic rings. The Morgan fingerprint density at radius 3 is 2.22 bits per heavy atom. The van der Waals surface area contributed by atoms with Crippen LogP contribution < -0.4 is 5.32 Å². The van der Waals surface area contributed by atoms with Crippen molar-refractivity contribution in [1.82, 2.24) is 5.32 Å². The Morgan fingerprint density at radius 1 is 1.17 bits per heavy atom. The van der Waals surface area contributed by atoms with Crippen LogP contribution in [0.25, 0.3) is 0 Å². The summed E-state index contributed by atoms with van der Waals surface area (Å²) in [6, 6.07) is 8.20. The fourth-order valence-electron chi connectivity index (χ4n) is 2.41. The highest BCUT2D eigenvalue weighted by Crippen LogP contribution is 2.36. The zero-order valence-corrected chi connectivity index (χ0v) is 12.6. The number of rotatable bonds is 2. The molecule has 0 spiro atoms. The van der Waals surface area contributed by atoms with Gasteiger partial charge in [0.15, 0.2) is 5.78 Å². The lowest BCUT2D eigenvalue weighted by molar-refractivity contribution is -0.123. The van der Waals surface area contributed by atoms with Crippen LogP contribution in [-0.4, -0.2) is 12.8 Å². The largest absolute Gasteiger partial charge is 0.304 e. The van der Waals surface area contributed by atoms with E-state index in [2.05, 4.69) is 17.4 Å². The third-order valence-corrected chi connectivity index (χ3v) is 3.27. The Morgan fingerprint density at radius 2 is 1.72 bits per heavy atom. The number of nitrogens with one attached hydrogen (secondary N) is 1. The van der Waals surface area contributed by atoms with E-state index < -0.39 is 5.54 Å². The number of aryl methyl sites for hydroxylation is 1. The van der Waals surface area contributed by atoms with Crippen molar-refractivity contribution in [3.05, 3.63) is 35.4 Å². The van der Waals surface area contributed by atoms with E-state index in [1.54, 1.807) is 6.92 Å². The summed E-state index contributed by atoms with van der Waals surface area (Å²) in [6.07, 6.45) is 1.88. The van der Waals surface area contributed by atoms with Gasteiger partial charge in [0.1, 0.15) is 5.54 Å². The van der Waals surface area contributed by atoms with Gasteiger partial charge in [0.2, 0.25) is 0 Å². The second kappa shape index (κ2) is 8.04.